The van der Waals surface area contributed by atoms with Crippen LogP contribution in [0.25, 0.3) is 6.08 Å². The second kappa shape index (κ2) is 8.49. The van der Waals surface area contributed by atoms with Crippen LogP contribution >= 0.6 is 0 Å². The molecular weight excluding hydrogens is 344 g/mol. The fourth-order valence-electron chi connectivity index (χ4n) is 3.06. The molecule has 0 spiro atoms. The summed E-state index contributed by atoms with van der Waals surface area (Å²) in [4.78, 5) is 16.5. The van der Waals surface area contributed by atoms with E-state index in [0.29, 0.717) is 18.8 Å². The lowest BCUT2D eigenvalue weighted by Gasteiger charge is -2.35. The van der Waals surface area contributed by atoms with Crippen molar-refractivity contribution in [3.8, 4) is 17.2 Å². The van der Waals surface area contributed by atoms with E-state index < -0.39 is 0 Å². The average Bonchev–Trinajstić information content (AvgIpc) is 2.73. The van der Waals surface area contributed by atoms with Gasteiger partial charge in [-0.2, -0.15) is 0 Å². The Balaban J connectivity index is 1.58. The molecule has 3 rings (SSSR count). The monoisotopic (exact) mass is 368 g/mol. The molecule has 6 nitrogen and oxygen atoms in total. The van der Waals surface area contributed by atoms with Crippen molar-refractivity contribution in [2.24, 2.45) is 0 Å². The van der Waals surface area contributed by atoms with Crippen molar-refractivity contribution in [1.29, 1.82) is 0 Å². The van der Waals surface area contributed by atoms with Crippen LogP contribution in [0.3, 0.4) is 0 Å². The number of carbonyl (C=O) groups is 1. The first-order valence-electron chi connectivity index (χ1n) is 8.83. The summed E-state index contributed by atoms with van der Waals surface area (Å²) in [5.41, 5.74) is 1.90. The summed E-state index contributed by atoms with van der Waals surface area (Å²) in [5, 5.41) is 9.63. The largest absolute Gasteiger partial charge is 0.504 e. The smallest absolute Gasteiger partial charge is 0.246 e. The predicted molar refractivity (Wildman–Crippen MR) is 105 cm³/mol. The quantitative estimate of drug-likeness (QED) is 0.823. The second-order valence-corrected chi connectivity index (χ2v) is 6.28. The van der Waals surface area contributed by atoms with Gasteiger partial charge in [0.15, 0.2) is 11.5 Å². The predicted octanol–water partition coefficient (Wildman–Crippen LogP) is 2.77. The number of aromatic hydroxyl groups is 1. The fourth-order valence-corrected chi connectivity index (χ4v) is 3.06. The molecule has 2 aromatic rings. The third-order valence-corrected chi connectivity index (χ3v) is 4.63. The van der Waals surface area contributed by atoms with E-state index in [-0.39, 0.29) is 11.7 Å². The van der Waals surface area contributed by atoms with Gasteiger partial charge in [-0.1, -0.05) is 12.1 Å². The molecule has 0 aliphatic carbocycles. The summed E-state index contributed by atoms with van der Waals surface area (Å²) < 4.78 is 10.4. The molecule has 1 fully saturated rings. The van der Waals surface area contributed by atoms with Crippen LogP contribution in [0.4, 0.5) is 5.69 Å². The van der Waals surface area contributed by atoms with Crippen molar-refractivity contribution in [2.45, 2.75) is 0 Å². The van der Waals surface area contributed by atoms with Crippen molar-refractivity contribution in [1.82, 2.24) is 4.90 Å². The summed E-state index contributed by atoms with van der Waals surface area (Å²) >= 11 is 0. The van der Waals surface area contributed by atoms with E-state index in [0.717, 1.165) is 30.1 Å². The van der Waals surface area contributed by atoms with Crippen LogP contribution in [0, 0.1) is 0 Å². The summed E-state index contributed by atoms with van der Waals surface area (Å²) in [7, 11) is 3.15. The van der Waals surface area contributed by atoms with Gasteiger partial charge in [-0.05, 0) is 35.9 Å². The lowest BCUT2D eigenvalue weighted by atomic mass is 10.2. The highest BCUT2D eigenvalue weighted by Crippen LogP contribution is 2.27. The second-order valence-electron chi connectivity index (χ2n) is 6.28. The van der Waals surface area contributed by atoms with Crippen LogP contribution < -0.4 is 14.4 Å². The molecule has 2 aromatic carbocycles. The molecule has 6 heteroatoms. The Morgan fingerprint density at radius 1 is 1.04 bits per heavy atom. The maximum absolute atomic E-state index is 12.5. The van der Waals surface area contributed by atoms with Crippen molar-refractivity contribution >= 4 is 17.7 Å². The Morgan fingerprint density at radius 2 is 1.81 bits per heavy atom. The molecule has 1 amide bonds. The van der Waals surface area contributed by atoms with Crippen molar-refractivity contribution in [2.75, 3.05) is 45.3 Å². The maximum Gasteiger partial charge on any atom is 0.246 e. The van der Waals surface area contributed by atoms with E-state index in [1.807, 2.05) is 23.1 Å². The number of benzene rings is 2. The number of anilines is 1. The number of nitrogens with zero attached hydrogens (tertiary/aromatic N) is 2. The molecular formula is C21H24N2O4. The zero-order chi connectivity index (χ0) is 19.2. The zero-order valence-corrected chi connectivity index (χ0v) is 15.6. The van der Waals surface area contributed by atoms with E-state index in [9.17, 15) is 9.90 Å². The summed E-state index contributed by atoms with van der Waals surface area (Å²) in [6, 6.07) is 12.9. The van der Waals surface area contributed by atoms with Crippen LogP contribution in [0.1, 0.15) is 5.56 Å². The van der Waals surface area contributed by atoms with E-state index in [4.69, 9.17) is 9.47 Å². The number of methoxy groups -OCH3 is 2. The molecule has 27 heavy (non-hydrogen) atoms. The Morgan fingerprint density at radius 3 is 2.52 bits per heavy atom. The molecule has 0 saturated carbocycles. The van der Waals surface area contributed by atoms with Gasteiger partial charge in [0, 0.05) is 44.0 Å². The van der Waals surface area contributed by atoms with Gasteiger partial charge in [0.25, 0.3) is 0 Å². The number of hydrogen-bond acceptors (Lipinski definition) is 5. The van der Waals surface area contributed by atoms with Crippen LogP contribution in [-0.4, -0.2) is 56.3 Å². The normalized spacial score (nSPS) is 14.4. The standard InChI is InChI=1S/C21H24N2O4/c1-26-18-5-3-4-17(15-18)22-10-12-23(13-11-22)21(25)9-7-16-6-8-19(24)20(14-16)27-2/h3-9,14-15,24H,10-13H2,1-2H3/b9-7+. The lowest BCUT2D eigenvalue weighted by Crippen LogP contribution is -2.48. The highest BCUT2D eigenvalue weighted by molar-refractivity contribution is 5.92. The Bertz CT molecular complexity index is 827. The molecule has 142 valence electrons. The molecule has 1 aliphatic rings. The van der Waals surface area contributed by atoms with Crippen LogP contribution in [-0.2, 0) is 4.79 Å². The molecule has 1 aliphatic heterocycles. The summed E-state index contributed by atoms with van der Waals surface area (Å²) in [6.07, 6.45) is 3.30. The minimum absolute atomic E-state index is 0.0210. The highest BCUT2D eigenvalue weighted by Gasteiger charge is 2.20. The molecule has 0 radical (unpaired) electrons. The molecule has 1 saturated heterocycles. The topological polar surface area (TPSA) is 62.2 Å². The summed E-state index contributed by atoms with van der Waals surface area (Å²) in [5.74, 6) is 1.27. The van der Waals surface area contributed by atoms with Gasteiger partial charge < -0.3 is 24.4 Å². The number of piperazine rings is 1. The van der Waals surface area contributed by atoms with Gasteiger partial charge in [0.1, 0.15) is 5.75 Å². The van der Waals surface area contributed by atoms with Gasteiger partial charge >= 0.3 is 0 Å². The van der Waals surface area contributed by atoms with Crippen LogP contribution in [0.15, 0.2) is 48.5 Å². The van der Waals surface area contributed by atoms with Crippen molar-refractivity contribution in [3.63, 3.8) is 0 Å². The van der Waals surface area contributed by atoms with Crippen molar-refractivity contribution in [3.05, 3.63) is 54.1 Å². The Kier molecular flexibility index (Phi) is 5.86. The first-order chi connectivity index (χ1) is 13.1. The summed E-state index contributed by atoms with van der Waals surface area (Å²) in [6.45, 7) is 2.89. The number of rotatable bonds is 5. The van der Waals surface area contributed by atoms with E-state index in [1.54, 1.807) is 37.5 Å². The first-order valence-corrected chi connectivity index (χ1v) is 8.83. The maximum atomic E-state index is 12.5. The first kappa shape index (κ1) is 18.6. The number of carbonyl (C=O) groups excluding carboxylic acids is 1. The van der Waals surface area contributed by atoms with Gasteiger partial charge in [-0.15, -0.1) is 0 Å². The fraction of sp³-hybridized carbons (Fsp3) is 0.286. The highest BCUT2D eigenvalue weighted by atomic mass is 16.5. The number of amides is 1. The van der Waals surface area contributed by atoms with Gasteiger partial charge in [-0.3, -0.25) is 4.79 Å². The lowest BCUT2D eigenvalue weighted by molar-refractivity contribution is -0.126. The molecule has 0 aromatic heterocycles. The molecule has 1 N–H and O–H groups in total. The number of phenolic OH excluding ortho intramolecular Hbond substituents is 1. The van der Waals surface area contributed by atoms with Crippen molar-refractivity contribution < 1.29 is 19.4 Å². The SMILES string of the molecule is COc1cccc(N2CCN(C(=O)/C=C/c3ccc(O)c(OC)c3)CC2)c1. The average molecular weight is 368 g/mol. The molecule has 1 heterocycles. The third-order valence-electron chi connectivity index (χ3n) is 4.63. The van der Waals surface area contributed by atoms with Gasteiger partial charge in [-0.25, -0.2) is 0 Å². The minimum atomic E-state index is -0.0210. The minimum Gasteiger partial charge on any atom is -0.504 e. The number of hydrogen-bond donors (Lipinski definition) is 1. The van der Waals surface area contributed by atoms with Gasteiger partial charge in [0.05, 0.1) is 14.2 Å². The van der Waals surface area contributed by atoms with E-state index >= 15 is 0 Å². The molecule has 0 atom stereocenters. The Hall–Kier alpha value is -3.15. The number of ether oxygens (including phenoxy) is 2. The van der Waals surface area contributed by atoms with E-state index in [1.165, 1.54) is 7.11 Å². The Labute approximate surface area is 159 Å². The molecule has 0 unspecified atom stereocenters. The van der Waals surface area contributed by atoms with E-state index in [2.05, 4.69) is 11.0 Å². The van der Waals surface area contributed by atoms with Crippen LogP contribution in [0.2, 0.25) is 0 Å². The molecule has 0 bridgehead atoms. The third kappa shape index (κ3) is 4.53. The number of phenols is 1. The zero-order valence-electron chi connectivity index (χ0n) is 15.6. The van der Waals surface area contributed by atoms with Gasteiger partial charge in [0.2, 0.25) is 5.91 Å². The van der Waals surface area contributed by atoms with Crippen LogP contribution in [0.5, 0.6) is 17.2 Å².